The molecule has 2 aromatic rings. The molecule has 3 rings (SSSR count). The summed E-state index contributed by atoms with van der Waals surface area (Å²) in [5, 5.41) is 0. The zero-order valence-electron chi connectivity index (χ0n) is 14.8. The van der Waals surface area contributed by atoms with E-state index in [4.69, 9.17) is 0 Å². The molecule has 0 fully saturated rings. The summed E-state index contributed by atoms with van der Waals surface area (Å²) < 4.78 is 28.5. The highest BCUT2D eigenvalue weighted by Gasteiger charge is 2.15. The summed E-state index contributed by atoms with van der Waals surface area (Å²) in [6.07, 6.45) is 2.99. The Morgan fingerprint density at radius 3 is 2.00 bits per heavy atom. The first kappa shape index (κ1) is 18.1. The Kier molecular flexibility index (Phi) is 6.08. The summed E-state index contributed by atoms with van der Waals surface area (Å²) in [6.45, 7) is 7.91. The molecule has 0 aromatic heterocycles. The van der Waals surface area contributed by atoms with Gasteiger partial charge in [0.15, 0.2) is 0 Å². The largest absolute Gasteiger partial charge is 0.207 e. The van der Waals surface area contributed by atoms with Crippen LogP contribution in [0.5, 0.6) is 0 Å². The molecular formula is C22H24F2. The Labute approximate surface area is 143 Å². The number of allylic oxidation sites excluding steroid dienone is 4. The van der Waals surface area contributed by atoms with E-state index < -0.39 is 0 Å². The molecule has 0 nitrogen and oxygen atoms in total. The minimum Gasteiger partial charge on any atom is -0.207 e. The third-order valence-corrected chi connectivity index (χ3v) is 4.11. The van der Waals surface area contributed by atoms with E-state index >= 15 is 0 Å². The Morgan fingerprint density at radius 1 is 0.792 bits per heavy atom. The van der Waals surface area contributed by atoms with Gasteiger partial charge in [0, 0.05) is 5.56 Å². The summed E-state index contributed by atoms with van der Waals surface area (Å²) in [5.74, 6) is -0.556. The molecule has 0 radical (unpaired) electrons. The molecule has 0 bridgehead atoms. The van der Waals surface area contributed by atoms with Crippen LogP contribution in [0.2, 0.25) is 0 Å². The number of benzene rings is 2. The maximum Gasteiger partial charge on any atom is 0.131 e. The second-order valence-electron chi connectivity index (χ2n) is 5.88. The Hall–Kier alpha value is -2.22. The van der Waals surface area contributed by atoms with Gasteiger partial charge < -0.3 is 0 Å². The number of hydrogen-bond donors (Lipinski definition) is 0. The predicted octanol–water partition coefficient (Wildman–Crippen LogP) is 7.25. The van der Waals surface area contributed by atoms with E-state index in [2.05, 4.69) is 0 Å². The van der Waals surface area contributed by atoms with E-state index in [1.54, 1.807) is 12.1 Å². The molecule has 1 aliphatic rings. The second-order valence-corrected chi connectivity index (χ2v) is 5.88. The highest BCUT2D eigenvalue weighted by molar-refractivity contribution is 5.74. The number of hydrogen-bond acceptors (Lipinski definition) is 0. The summed E-state index contributed by atoms with van der Waals surface area (Å²) in [5.41, 5.74) is 4.78. The van der Waals surface area contributed by atoms with Gasteiger partial charge in [0.25, 0.3) is 0 Å². The first-order chi connectivity index (χ1) is 11.5. The molecule has 0 aliphatic heterocycles. The highest BCUT2D eigenvalue weighted by atomic mass is 19.1. The van der Waals surface area contributed by atoms with Crippen LogP contribution in [-0.2, 0) is 0 Å². The van der Waals surface area contributed by atoms with Gasteiger partial charge in [-0.05, 0) is 55.5 Å². The van der Waals surface area contributed by atoms with Gasteiger partial charge in [-0.15, -0.1) is 0 Å². The van der Waals surface area contributed by atoms with E-state index in [-0.39, 0.29) is 11.6 Å². The lowest BCUT2D eigenvalue weighted by molar-refractivity contribution is 0.629. The zero-order chi connectivity index (χ0) is 17.7. The van der Waals surface area contributed by atoms with Crippen molar-refractivity contribution in [3.63, 3.8) is 0 Å². The molecule has 2 heteroatoms. The molecule has 126 valence electrons. The van der Waals surface area contributed by atoms with Gasteiger partial charge in [-0.2, -0.15) is 0 Å². The molecule has 0 saturated heterocycles. The molecule has 0 unspecified atom stereocenters. The predicted molar refractivity (Wildman–Crippen MR) is 98.9 cm³/mol. The highest BCUT2D eigenvalue weighted by Crippen LogP contribution is 2.34. The normalized spacial score (nSPS) is 14.0. The molecule has 0 atom stereocenters. The van der Waals surface area contributed by atoms with E-state index in [1.807, 2.05) is 58.0 Å². The third-order valence-electron chi connectivity index (χ3n) is 4.11. The lowest BCUT2D eigenvalue weighted by atomic mass is 9.91. The smallest absolute Gasteiger partial charge is 0.131 e. The Morgan fingerprint density at radius 2 is 1.42 bits per heavy atom. The van der Waals surface area contributed by atoms with Crippen molar-refractivity contribution in [2.24, 2.45) is 0 Å². The van der Waals surface area contributed by atoms with Gasteiger partial charge >= 0.3 is 0 Å². The molecule has 0 amide bonds. The summed E-state index contributed by atoms with van der Waals surface area (Å²) in [6, 6.07) is 12.7. The molecule has 0 spiro atoms. The van der Waals surface area contributed by atoms with E-state index in [9.17, 15) is 8.78 Å². The SMILES string of the molecule is CC.CC1=CC(F)=C(c2ccc(-c3ccc(C)cc3)c(F)c2)CC1. The summed E-state index contributed by atoms with van der Waals surface area (Å²) in [7, 11) is 0. The van der Waals surface area contributed by atoms with E-state index in [0.717, 1.165) is 23.1 Å². The second kappa shape index (κ2) is 8.05. The minimum absolute atomic E-state index is 0.244. The standard InChI is InChI=1S/C20H18F2.C2H6/c1-13-3-6-15(7-4-13)17-10-8-16(12-20(17)22)18-9-5-14(2)11-19(18)21;1-2/h3-4,6-8,10-12H,5,9H2,1-2H3;1-2H3. The van der Waals surface area contributed by atoms with E-state index in [0.29, 0.717) is 23.1 Å². The van der Waals surface area contributed by atoms with Crippen molar-refractivity contribution in [2.75, 3.05) is 0 Å². The fourth-order valence-electron chi connectivity index (χ4n) is 2.77. The van der Waals surface area contributed by atoms with Crippen molar-refractivity contribution in [1.29, 1.82) is 0 Å². The minimum atomic E-state index is -0.312. The Bertz CT molecular complexity index is 765. The van der Waals surface area contributed by atoms with Crippen molar-refractivity contribution in [2.45, 2.75) is 40.5 Å². The molecule has 0 N–H and O–H groups in total. The van der Waals surface area contributed by atoms with Crippen LogP contribution >= 0.6 is 0 Å². The first-order valence-electron chi connectivity index (χ1n) is 8.47. The fraction of sp³-hybridized carbons (Fsp3) is 0.273. The summed E-state index contributed by atoms with van der Waals surface area (Å²) in [4.78, 5) is 0. The van der Waals surface area contributed by atoms with Gasteiger partial charge in [-0.25, -0.2) is 8.78 Å². The molecule has 2 aromatic carbocycles. The zero-order valence-corrected chi connectivity index (χ0v) is 14.8. The van der Waals surface area contributed by atoms with Gasteiger partial charge in [0.05, 0.1) is 0 Å². The number of aryl methyl sites for hydroxylation is 1. The Balaban J connectivity index is 0.00000100. The van der Waals surface area contributed by atoms with Crippen molar-refractivity contribution < 1.29 is 8.78 Å². The van der Waals surface area contributed by atoms with Crippen LogP contribution in [0.1, 0.15) is 44.7 Å². The van der Waals surface area contributed by atoms with Crippen molar-refractivity contribution in [3.8, 4) is 11.1 Å². The van der Waals surface area contributed by atoms with Crippen molar-refractivity contribution in [3.05, 3.63) is 76.9 Å². The van der Waals surface area contributed by atoms with Crippen molar-refractivity contribution in [1.82, 2.24) is 0 Å². The fourth-order valence-corrected chi connectivity index (χ4v) is 2.77. The van der Waals surface area contributed by atoms with Crippen LogP contribution in [0.3, 0.4) is 0 Å². The topological polar surface area (TPSA) is 0 Å². The van der Waals surface area contributed by atoms with Crippen LogP contribution in [-0.4, -0.2) is 0 Å². The average Bonchev–Trinajstić information content (AvgIpc) is 2.58. The van der Waals surface area contributed by atoms with Crippen LogP contribution in [0.25, 0.3) is 16.7 Å². The average molecular weight is 326 g/mol. The molecule has 1 aliphatic carbocycles. The maximum absolute atomic E-state index is 14.4. The van der Waals surface area contributed by atoms with Gasteiger partial charge in [0.1, 0.15) is 11.6 Å². The third kappa shape index (κ3) is 4.00. The molecule has 0 saturated carbocycles. The van der Waals surface area contributed by atoms with Gasteiger partial charge in [-0.3, -0.25) is 0 Å². The van der Waals surface area contributed by atoms with Gasteiger partial charge in [0.2, 0.25) is 0 Å². The monoisotopic (exact) mass is 326 g/mol. The summed E-state index contributed by atoms with van der Waals surface area (Å²) >= 11 is 0. The molecular weight excluding hydrogens is 302 g/mol. The van der Waals surface area contributed by atoms with Crippen LogP contribution in [0.15, 0.2) is 59.9 Å². The number of halogens is 2. The first-order valence-corrected chi connectivity index (χ1v) is 8.47. The van der Waals surface area contributed by atoms with Gasteiger partial charge in [-0.1, -0.05) is 61.4 Å². The van der Waals surface area contributed by atoms with Crippen LogP contribution in [0.4, 0.5) is 8.78 Å². The quantitative estimate of drug-likeness (QED) is 0.545. The lowest BCUT2D eigenvalue weighted by Crippen LogP contribution is -1.96. The molecule has 24 heavy (non-hydrogen) atoms. The maximum atomic E-state index is 14.4. The van der Waals surface area contributed by atoms with E-state index in [1.165, 1.54) is 6.07 Å². The van der Waals surface area contributed by atoms with Crippen molar-refractivity contribution >= 4 is 5.57 Å². The molecule has 0 heterocycles. The number of rotatable bonds is 2. The van der Waals surface area contributed by atoms with Crippen LogP contribution in [0, 0.1) is 12.7 Å². The van der Waals surface area contributed by atoms with Crippen LogP contribution < -0.4 is 0 Å². The lowest BCUT2D eigenvalue weighted by Gasteiger charge is -2.15.